The minimum Gasteiger partial charge on any atom is -0.390 e. The van der Waals surface area contributed by atoms with E-state index >= 15 is 0 Å². The molecule has 0 radical (unpaired) electrons. The smallest absolute Gasteiger partial charge is 0.390 e. The number of hydrogen-bond acceptors (Lipinski definition) is 2. The molecule has 0 fully saturated rings. The van der Waals surface area contributed by atoms with E-state index in [1.807, 2.05) is 0 Å². The lowest BCUT2D eigenvalue weighted by Gasteiger charge is -2.13. The summed E-state index contributed by atoms with van der Waals surface area (Å²) in [6.45, 7) is -0.837. The summed E-state index contributed by atoms with van der Waals surface area (Å²) in [7, 11) is 0. The van der Waals surface area contributed by atoms with Crippen molar-refractivity contribution in [1.29, 1.82) is 0 Å². The zero-order valence-corrected chi connectivity index (χ0v) is 9.11. The van der Waals surface area contributed by atoms with Gasteiger partial charge in [0, 0.05) is 5.56 Å². The zero-order valence-electron chi connectivity index (χ0n) is 7.52. The largest absolute Gasteiger partial charge is 0.434 e. The van der Waals surface area contributed by atoms with Crippen LogP contribution in [-0.2, 0) is 12.8 Å². The zero-order chi connectivity index (χ0) is 12.5. The maximum Gasteiger partial charge on any atom is 0.434 e. The molecule has 1 aromatic rings. The van der Waals surface area contributed by atoms with Gasteiger partial charge in [0.15, 0.2) is 5.69 Å². The fourth-order valence-electron chi connectivity index (χ4n) is 1.03. The van der Waals surface area contributed by atoms with Crippen molar-refractivity contribution in [3.63, 3.8) is 0 Å². The van der Waals surface area contributed by atoms with Crippen molar-refractivity contribution in [1.82, 2.24) is 4.98 Å². The summed E-state index contributed by atoms with van der Waals surface area (Å²) < 4.78 is 61.2. The van der Waals surface area contributed by atoms with Gasteiger partial charge in [0.05, 0.1) is 16.8 Å². The Morgan fingerprint density at radius 3 is 2.31 bits per heavy atom. The quantitative estimate of drug-likeness (QED) is 0.851. The van der Waals surface area contributed by atoms with E-state index in [0.717, 1.165) is 6.07 Å². The molecule has 0 amide bonds. The molecule has 0 bridgehead atoms. The van der Waals surface area contributed by atoms with Gasteiger partial charge in [-0.2, -0.15) is 13.2 Å². The lowest BCUT2D eigenvalue weighted by atomic mass is 10.2. The topological polar surface area (TPSA) is 33.1 Å². The summed E-state index contributed by atoms with van der Waals surface area (Å²) in [4.78, 5) is 3.05. The van der Waals surface area contributed by atoms with E-state index in [0.29, 0.717) is 0 Å². The average Bonchev–Trinajstić information content (AvgIpc) is 2.15. The second kappa shape index (κ2) is 4.62. The van der Waals surface area contributed by atoms with E-state index in [2.05, 4.69) is 20.9 Å². The molecule has 2 nitrogen and oxygen atoms in total. The first-order chi connectivity index (χ1) is 7.27. The van der Waals surface area contributed by atoms with Gasteiger partial charge in [-0.1, -0.05) is 0 Å². The first-order valence-corrected chi connectivity index (χ1v) is 4.72. The number of rotatable bonds is 2. The molecule has 1 rings (SSSR count). The van der Waals surface area contributed by atoms with E-state index in [-0.39, 0.29) is 0 Å². The van der Waals surface area contributed by atoms with Gasteiger partial charge in [0.25, 0.3) is 6.43 Å². The molecule has 1 heterocycles. The number of aliphatic hydroxyl groups is 1. The summed E-state index contributed by atoms with van der Waals surface area (Å²) in [5.41, 5.74) is -2.76. The fourth-order valence-corrected chi connectivity index (χ4v) is 1.63. The van der Waals surface area contributed by atoms with E-state index in [1.54, 1.807) is 0 Å². The number of alkyl halides is 5. The summed E-state index contributed by atoms with van der Waals surface area (Å²) >= 11 is 2.44. The second-order valence-corrected chi connectivity index (χ2v) is 3.61. The number of pyridine rings is 1. The van der Waals surface area contributed by atoms with Crippen LogP contribution in [0.4, 0.5) is 22.0 Å². The van der Waals surface area contributed by atoms with Crippen molar-refractivity contribution in [2.24, 2.45) is 0 Å². The highest BCUT2D eigenvalue weighted by Gasteiger charge is 2.37. The molecule has 0 aliphatic rings. The van der Waals surface area contributed by atoms with Crippen LogP contribution in [0.3, 0.4) is 0 Å². The third kappa shape index (κ3) is 2.67. The standard InChI is InChI=1S/C8H5BrF5NO/c9-5-4(7(10)11)1-3(2-16)15-6(5)8(12,13)14/h1,7,16H,2H2. The molecule has 0 saturated heterocycles. The van der Waals surface area contributed by atoms with Crippen molar-refractivity contribution in [2.45, 2.75) is 19.2 Å². The van der Waals surface area contributed by atoms with E-state index < -0.39 is 40.6 Å². The van der Waals surface area contributed by atoms with Gasteiger partial charge in [-0.3, -0.25) is 0 Å². The maximum absolute atomic E-state index is 12.4. The fraction of sp³-hybridized carbons (Fsp3) is 0.375. The Morgan fingerprint density at radius 1 is 1.38 bits per heavy atom. The predicted molar refractivity (Wildman–Crippen MR) is 47.8 cm³/mol. The summed E-state index contributed by atoms with van der Waals surface area (Å²) in [5.74, 6) is 0. The highest BCUT2D eigenvalue weighted by Crippen LogP contribution is 2.38. The monoisotopic (exact) mass is 305 g/mol. The van der Waals surface area contributed by atoms with Gasteiger partial charge in [0.2, 0.25) is 0 Å². The van der Waals surface area contributed by atoms with E-state index in [1.165, 1.54) is 0 Å². The van der Waals surface area contributed by atoms with Gasteiger partial charge < -0.3 is 5.11 Å². The molecule has 0 saturated carbocycles. The van der Waals surface area contributed by atoms with Gasteiger partial charge in [0.1, 0.15) is 0 Å². The van der Waals surface area contributed by atoms with Crippen LogP contribution in [0.25, 0.3) is 0 Å². The van der Waals surface area contributed by atoms with Crippen molar-refractivity contribution < 1.29 is 27.1 Å². The van der Waals surface area contributed by atoms with Crippen molar-refractivity contribution in [3.05, 3.63) is 27.5 Å². The highest BCUT2D eigenvalue weighted by atomic mass is 79.9. The van der Waals surface area contributed by atoms with Crippen LogP contribution in [0, 0.1) is 0 Å². The Hall–Kier alpha value is -0.760. The molecule has 8 heteroatoms. The van der Waals surface area contributed by atoms with Crippen LogP contribution in [0.1, 0.15) is 23.4 Å². The van der Waals surface area contributed by atoms with Crippen LogP contribution >= 0.6 is 15.9 Å². The lowest BCUT2D eigenvalue weighted by Crippen LogP contribution is -2.12. The molecule has 0 aromatic carbocycles. The third-order valence-corrected chi connectivity index (χ3v) is 2.54. The Labute approximate surface area is 95.2 Å². The van der Waals surface area contributed by atoms with E-state index in [9.17, 15) is 22.0 Å². The van der Waals surface area contributed by atoms with Crippen molar-refractivity contribution in [3.8, 4) is 0 Å². The molecule has 1 aromatic heterocycles. The van der Waals surface area contributed by atoms with Crippen LogP contribution in [-0.4, -0.2) is 10.1 Å². The third-order valence-electron chi connectivity index (χ3n) is 1.70. The first-order valence-electron chi connectivity index (χ1n) is 3.93. The predicted octanol–water partition coefficient (Wildman–Crippen LogP) is 3.29. The first kappa shape index (κ1) is 13.3. The number of halogens is 6. The molecule has 16 heavy (non-hydrogen) atoms. The second-order valence-electron chi connectivity index (χ2n) is 2.82. The highest BCUT2D eigenvalue weighted by molar-refractivity contribution is 9.10. The Kier molecular flexibility index (Phi) is 3.84. The lowest BCUT2D eigenvalue weighted by molar-refractivity contribution is -0.142. The van der Waals surface area contributed by atoms with Gasteiger partial charge >= 0.3 is 6.18 Å². The average molecular weight is 306 g/mol. The van der Waals surface area contributed by atoms with Gasteiger partial charge in [-0.15, -0.1) is 0 Å². The molecule has 1 N–H and O–H groups in total. The van der Waals surface area contributed by atoms with Crippen LogP contribution in [0.5, 0.6) is 0 Å². The normalized spacial score (nSPS) is 12.2. The summed E-state index contributed by atoms with van der Waals surface area (Å²) in [6, 6.07) is 0.726. The van der Waals surface area contributed by atoms with Gasteiger partial charge in [-0.05, 0) is 22.0 Å². The summed E-state index contributed by atoms with van der Waals surface area (Å²) in [6.07, 6.45) is -7.93. The Balaban J connectivity index is 3.44. The van der Waals surface area contributed by atoms with Crippen LogP contribution in [0.15, 0.2) is 10.5 Å². The Bertz CT molecular complexity index is 393. The van der Waals surface area contributed by atoms with Gasteiger partial charge in [-0.25, -0.2) is 13.8 Å². The number of aromatic nitrogens is 1. The maximum atomic E-state index is 12.4. The molecular weight excluding hydrogens is 301 g/mol. The molecule has 90 valence electrons. The number of hydrogen-bond donors (Lipinski definition) is 1. The van der Waals surface area contributed by atoms with E-state index in [4.69, 9.17) is 5.11 Å². The van der Waals surface area contributed by atoms with Crippen LogP contribution < -0.4 is 0 Å². The molecule has 0 aliphatic heterocycles. The SMILES string of the molecule is OCc1cc(C(F)F)c(Br)c(C(F)(F)F)n1. The minimum absolute atomic E-state index is 0.453. The van der Waals surface area contributed by atoms with Crippen molar-refractivity contribution in [2.75, 3.05) is 0 Å². The number of nitrogens with zero attached hydrogens (tertiary/aromatic N) is 1. The molecule has 0 spiro atoms. The molecule has 0 unspecified atom stereocenters. The minimum atomic E-state index is -4.85. The molecule has 0 atom stereocenters. The van der Waals surface area contributed by atoms with Crippen molar-refractivity contribution >= 4 is 15.9 Å². The summed E-state index contributed by atoms with van der Waals surface area (Å²) in [5, 5.41) is 8.63. The molecular formula is C8H5BrF5NO. The molecule has 0 aliphatic carbocycles. The number of aliphatic hydroxyl groups excluding tert-OH is 1. The van der Waals surface area contributed by atoms with Crippen LogP contribution in [0.2, 0.25) is 0 Å². The Morgan fingerprint density at radius 2 is 1.94 bits per heavy atom.